The first-order valence-electron chi connectivity index (χ1n) is 9.57. The van der Waals surface area contributed by atoms with Crippen LogP contribution in [0.3, 0.4) is 0 Å². The van der Waals surface area contributed by atoms with E-state index in [9.17, 15) is 0 Å². The van der Waals surface area contributed by atoms with Crippen LogP contribution in [0.5, 0.6) is 0 Å². The summed E-state index contributed by atoms with van der Waals surface area (Å²) in [7, 11) is 3.88. The predicted molar refractivity (Wildman–Crippen MR) is 128 cm³/mol. The highest BCUT2D eigenvalue weighted by Crippen LogP contribution is 2.09. The minimum atomic E-state index is 0. The van der Waals surface area contributed by atoms with E-state index in [1.54, 1.807) is 12.7 Å². The molecule has 0 aliphatic heterocycles. The molecule has 7 heteroatoms. The first kappa shape index (κ1) is 22.9. The zero-order valence-electron chi connectivity index (χ0n) is 17.2. The van der Waals surface area contributed by atoms with E-state index in [2.05, 4.69) is 87.8 Å². The fourth-order valence-corrected chi connectivity index (χ4v) is 3.13. The van der Waals surface area contributed by atoms with Crippen LogP contribution in [0.15, 0.2) is 66.2 Å². The van der Waals surface area contributed by atoms with Crippen molar-refractivity contribution < 1.29 is 0 Å². The largest absolute Gasteiger partial charge is 0.352 e. The Balaban J connectivity index is 0.00000300. The van der Waals surface area contributed by atoms with Gasteiger partial charge in [0, 0.05) is 27.2 Å². The lowest BCUT2D eigenvalue weighted by molar-refractivity contribution is 0.476. The van der Waals surface area contributed by atoms with Crippen molar-refractivity contribution in [3.8, 4) is 0 Å². The third-order valence-electron chi connectivity index (χ3n) is 4.68. The molecule has 29 heavy (non-hydrogen) atoms. The summed E-state index contributed by atoms with van der Waals surface area (Å²) in [6.07, 6.45) is 4.35. The number of hydrogen-bond donors (Lipinski definition) is 1. The summed E-state index contributed by atoms with van der Waals surface area (Å²) in [5, 5.41) is 7.62. The van der Waals surface area contributed by atoms with E-state index in [4.69, 9.17) is 0 Å². The van der Waals surface area contributed by atoms with Crippen molar-refractivity contribution in [2.45, 2.75) is 33.0 Å². The van der Waals surface area contributed by atoms with Crippen molar-refractivity contribution in [3.05, 3.63) is 83.4 Å². The summed E-state index contributed by atoms with van der Waals surface area (Å²) in [6, 6.07) is 17.3. The number of aryl methyl sites for hydroxylation is 1. The van der Waals surface area contributed by atoms with Crippen LogP contribution in [0.1, 0.15) is 29.2 Å². The van der Waals surface area contributed by atoms with Gasteiger partial charge in [0.25, 0.3) is 0 Å². The molecule has 0 saturated heterocycles. The van der Waals surface area contributed by atoms with Crippen LogP contribution < -0.4 is 5.32 Å². The molecule has 0 saturated carbocycles. The lowest BCUT2D eigenvalue weighted by Gasteiger charge is -2.22. The molecule has 0 unspecified atom stereocenters. The number of aromatic nitrogens is 3. The molecule has 1 N–H and O–H groups in total. The Hall–Kier alpha value is -2.42. The highest BCUT2D eigenvalue weighted by atomic mass is 127. The monoisotopic (exact) mass is 504 g/mol. The Morgan fingerprint density at radius 3 is 2.45 bits per heavy atom. The predicted octanol–water partition coefficient (Wildman–Crippen LogP) is 3.71. The zero-order chi connectivity index (χ0) is 19.8. The van der Waals surface area contributed by atoms with Gasteiger partial charge in [0.15, 0.2) is 5.96 Å². The fraction of sp³-hybridized carbons (Fsp3) is 0.318. The lowest BCUT2D eigenvalue weighted by atomic mass is 10.1. The SMILES string of the molecule is CCc1ccc(CN(C)C(=NC)NCc2cccc(Cn3cncn3)c2)cc1.I. The second-order valence-corrected chi connectivity index (χ2v) is 6.84. The number of benzene rings is 2. The molecule has 0 atom stereocenters. The van der Waals surface area contributed by atoms with Gasteiger partial charge in [-0.05, 0) is 28.7 Å². The maximum absolute atomic E-state index is 4.43. The summed E-state index contributed by atoms with van der Waals surface area (Å²) >= 11 is 0. The number of guanidine groups is 1. The van der Waals surface area contributed by atoms with Gasteiger partial charge in [-0.1, -0.05) is 55.5 Å². The molecule has 1 aromatic heterocycles. The van der Waals surface area contributed by atoms with Gasteiger partial charge in [0.05, 0.1) is 6.54 Å². The molecule has 3 aromatic rings. The number of rotatable bonds is 7. The molecule has 0 fully saturated rings. The standard InChI is InChI=1S/C22H28N6.HI/c1-4-18-8-10-19(11-9-18)14-27(3)22(23-2)25-13-20-6-5-7-21(12-20)15-28-17-24-16-26-28;/h5-12,16-17H,4,13-15H2,1-3H3,(H,23,25);1H. The highest BCUT2D eigenvalue weighted by Gasteiger charge is 2.07. The van der Waals surface area contributed by atoms with E-state index in [0.717, 1.165) is 32.0 Å². The van der Waals surface area contributed by atoms with Gasteiger partial charge < -0.3 is 10.2 Å². The highest BCUT2D eigenvalue weighted by molar-refractivity contribution is 14.0. The van der Waals surface area contributed by atoms with Crippen LogP contribution in [-0.4, -0.2) is 39.7 Å². The first-order chi connectivity index (χ1) is 13.7. The zero-order valence-corrected chi connectivity index (χ0v) is 19.6. The molecular weight excluding hydrogens is 475 g/mol. The fourth-order valence-electron chi connectivity index (χ4n) is 3.13. The van der Waals surface area contributed by atoms with E-state index in [-0.39, 0.29) is 24.0 Å². The Labute approximate surface area is 190 Å². The van der Waals surface area contributed by atoms with E-state index >= 15 is 0 Å². The summed E-state index contributed by atoms with van der Waals surface area (Å²) in [5.41, 5.74) is 5.04. The molecule has 0 radical (unpaired) electrons. The van der Waals surface area contributed by atoms with Gasteiger partial charge in [-0.3, -0.25) is 4.99 Å². The average Bonchev–Trinajstić information content (AvgIpc) is 3.22. The van der Waals surface area contributed by atoms with Crippen LogP contribution in [0, 0.1) is 0 Å². The summed E-state index contributed by atoms with van der Waals surface area (Å²) in [6.45, 7) is 4.43. The average molecular weight is 504 g/mol. The summed E-state index contributed by atoms with van der Waals surface area (Å²) in [5.74, 6) is 0.876. The first-order valence-corrected chi connectivity index (χ1v) is 9.57. The van der Waals surface area contributed by atoms with E-state index in [1.807, 2.05) is 11.7 Å². The molecule has 0 aliphatic carbocycles. The van der Waals surface area contributed by atoms with E-state index in [1.165, 1.54) is 22.3 Å². The third kappa shape index (κ3) is 6.85. The molecule has 6 nitrogen and oxygen atoms in total. The molecule has 0 amide bonds. The number of nitrogens with one attached hydrogen (secondary N) is 1. The Morgan fingerprint density at radius 2 is 1.79 bits per heavy atom. The van der Waals surface area contributed by atoms with Crippen LogP contribution in [0.25, 0.3) is 0 Å². The van der Waals surface area contributed by atoms with Crippen molar-refractivity contribution in [2.75, 3.05) is 14.1 Å². The molecule has 3 rings (SSSR count). The van der Waals surface area contributed by atoms with E-state index in [0.29, 0.717) is 0 Å². The minimum Gasteiger partial charge on any atom is -0.352 e. The smallest absolute Gasteiger partial charge is 0.193 e. The van der Waals surface area contributed by atoms with Gasteiger partial charge in [0.1, 0.15) is 12.7 Å². The molecule has 2 aromatic carbocycles. The lowest BCUT2D eigenvalue weighted by Crippen LogP contribution is -2.38. The molecule has 0 bridgehead atoms. The Kier molecular flexibility index (Phi) is 9.11. The number of hydrogen-bond acceptors (Lipinski definition) is 3. The van der Waals surface area contributed by atoms with Crippen molar-refractivity contribution >= 4 is 29.9 Å². The number of aliphatic imine (C=N–C) groups is 1. The van der Waals surface area contributed by atoms with Crippen molar-refractivity contribution in [1.29, 1.82) is 0 Å². The topological polar surface area (TPSA) is 58.3 Å². The van der Waals surface area contributed by atoms with E-state index < -0.39 is 0 Å². The molecular formula is C22H29IN6. The number of nitrogens with zero attached hydrogens (tertiary/aromatic N) is 5. The van der Waals surface area contributed by atoms with Gasteiger partial charge >= 0.3 is 0 Å². The van der Waals surface area contributed by atoms with Crippen molar-refractivity contribution in [1.82, 2.24) is 25.0 Å². The Bertz CT molecular complexity index is 890. The van der Waals surface area contributed by atoms with Crippen LogP contribution in [0.4, 0.5) is 0 Å². The second kappa shape index (κ2) is 11.5. The van der Waals surface area contributed by atoms with Crippen molar-refractivity contribution in [2.24, 2.45) is 4.99 Å². The van der Waals surface area contributed by atoms with Crippen LogP contribution in [0.2, 0.25) is 0 Å². The number of halogens is 1. The normalized spacial score (nSPS) is 11.1. The van der Waals surface area contributed by atoms with Gasteiger partial charge in [-0.15, -0.1) is 24.0 Å². The molecule has 154 valence electrons. The molecule has 1 heterocycles. The summed E-state index contributed by atoms with van der Waals surface area (Å²) < 4.78 is 1.82. The van der Waals surface area contributed by atoms with Gasteiger partial charge in [0.2, 0.25) is 0 Å². The second-order valence-electron chi connectivity index (χ2n) is 6.84. The third-order valence-corrected chi connectivity index (χ3v) is 4.68. The van der Waals surface area contributed by atoms with Gasteiger partial charge in [-0.25, -0.2) is 9.67 Å². The quantitative estimate of drug-likeness (QED) is 0.303. The maximum atomic E-state index is 4.43. The Morgan fingerprint density at radius 1 is 1.07 bits per heavy atom. The van der Waals surface area contributed by atoms with Crippen molar-refractivity contribution in [3.63, 3.8) is 0 Å². The molecule has 0 spiro atoms. The van der Waals surface area contributed by atoms with Crippen LogP contribution in [-0.2, 0) is 26.1 Å². The van der Waals surface area contributed by atoms with Gasteiger partial charge in [-0.2, -0.15) is 5.10 Å². The summed E-state index contributed by atoms with van der Waals surface area (Å²) in [4.78, 5) is 10.6. The maximum Gasteiger partial charge on any atom is 0.193 e. The minimum absolute atomic E-state index is 0. The van der Waals surface area contributed by atoms with Crippen LogP contribution >= 0.6 is 24.0 Å². The molecule has 0 aliphatic rings.